The molecule has 0 saturated heterocycles. The molecular weight excluding hydrogens is 386 g/mol. The molecule has 0 bridgehead atoms. The SMILES string of the molecule is CC(C)S(=O)(=O)N1CCc2nc(NC(=O)c3ccc4nc[nH]c4c3)sc2C1. The van der Waals surface area contributed by atoms with Crippen LogP contribution in [0.3, 0.4) is 0 Å². The molecule has 0 radical (unpaired) electrons. The van der Waals surface area contributed by atoms with Gasteiger partial charge in [-0.3, -0.25) is 10.1 Å². The van der Waals surface area contributed by atoms with Gasteiger partial charge in [0.25, 0.3) is 5.91 Å². The quantitative estimate of drug-likeness (QED) is 0.693. The Bertz CT molecular complexity index is 1120. The van der Waals surface area contributed by atoms with E-state index in [1.807, 2.05) is 0 Å². The van der Waals surface area contributed by atoms with E-state index in [1.165, 1.54) is 15.6 Å². The van der Waals surface area contributed by atoms with Crippen molar-refractivity contribution >= 4 is 43.4 Å². The molecule has 142 valence electrons. The van der Waals surface area contributed by atoms with Crippen molar-refractivity contribution in [2.24, 2.45) is 0 Å². The Morgan fingerprint density at radius 2 is 2.19 bits per heavy atom. The van der Waals surface area contributed by atoms with E-state index in [4.69, 9.17) is 0 Å². The summed E-state index contributed by atoms with van der Waals surface area (Å²) >= 11 is 1.33. The largest absolute Gasteiger partial charge is 0.345 e. The summed E-state index contributed by atoms with van der Waals surface area (Å²) < 4.78 is 26.3. The lowest BCUT2D eigenvalue weighted by atomic mass is 10.2. The average Bonchev–Trinajstić information content (AvgIpc) is 3.25. The molecule has 0 aliphatic carbocycles. The predicted molar refractivity (Wildman–Crippen MR) is 104 cm³/mol. The summed E-state index contributed by atoms with van der Waals surface area (Å²) in [5.41, 5.74) is 2.94. The summed E-state index contributed by atoms with van der Waals surface area (Å²) in [6, 6.07) is 5.23. The van der Waals surface area contributed by atoms with Gasteiger partial charge in [0.15, 0.2) is 5.13 Å². The number of amides is 1. The van der Waals surface area contributed by atoms with Crippen LogP contribution in [0.2, 0.25) is 0 Å². The van der Waals surface area contributed by atoms with Gasteiger partial charge in [0.05, 0.1) is 28.3 Å². The zero-order chi connectivity index (χ0) is 19.2. The van der Waals surface area contributed by atoms with Crippen LogP contribution in [0.25, 0.3) is 11.0 Å². The first-order valence-electron chi connectivity index (χ1n) is 8.56. The minimum Gasteiger partial charge on any atom is -0.345 e. The van der Waals surface area contributed by atoms with Crippen molar-refractivity contribution in [2.75, 3.05) is 11.9 Å². The molecule has 3 aromatic rings. The highest BCUT2D eigenvalue weighted by atomic mass is 32.2. The van der Waals surface area contributed by atoms with Crippen molar-refractivity contribution in [3.8, 4) is 0 Å². The summed E-state index contributed by atoms with van der Waals surface area (Å²) in [6.45, 7) is 4.09. The maximum absolute atomic E-state index is 12.5. The van der Waals surface area contributed by atoms with Crippen LogP contribution in [-0.4, -0.2) is 45.4 Å². The minimum absolute atomic E-state index is 0.260. The number of sulfonamides is 1. The fraction of sp³-hybridized carbons (Fsp3) is 0.353. The monoisotopic (exact) mass is 405 g/mol. The number of imidazole rings is 1. The number of nitrogens with one attached hydrogen (secondary N) is 2. The lowest BCUT2D eigenvalue weighted by Crippen LogP contribution is -2.39. The molecule has 1 aliphatic heterocycles. The summed E-state index contributed by atoms with van der Waals surface area (Å²) in [5.74, 6) is -0.260. The number of H-pyrrole nitrogens is 1. The third kappa shape index (κ3) is 3.35. The Hall–Kier alpha value is -2.30. The summed E-state index contributed by atoms with van der Waals surface area (Å²) in [5, 5.41) is 2.84. The number of aromatic nitrogens is 3. The standard InChI is InChI=1S/C17H19N5O3S2/c1-10(2)27(24,25)22-6-5-13-15(8-22)26-17(20-13)21-16(23)11-3-4-12-14(7-11)19-9-18-12/h3-4,7,9-10H,5-6,8H2,1-2H3,(H,18,19)(H,20,21,23). The molecule has 1 amide bonds. The number of thiazole rings is 1. The van der Waals surface area contributed by atoms with Gasteiger partial charge < -0.3 is 4.98 Å². The smallest absolute Gasteiger partial charge is 0.257 e. The maximum Gasteiger partial charge on any atom is 0.257 e. The summed E-state index contributed by atoms with van der Waals surface area (Å²) in [4.78, 5) is 25.0. The molecule has 0 spiro atoms. The van der Waals surface area contributed by atoms with Gasteiger partial charge in [0, 0.05) is 30.0 Å². The molecule has 0 fully saturated rings. The van der Waals surface area contributed by atoms with Gasteiger partial charge in [-0.1, -0.05) is 0 Å². The van der Waals surface area contributed by atoms with Crippen LogP contribution >= 0.6 is 11.3 Å². The number of rotatable bonds is 4. The molecule has 0 atom stereocenters. The molecule has 10 heteroatoms. The molecule has 2 aromatic heterocycles. The zero-order valence-corrected chi connectivity index (χ0v) is 16.5. The van der Waals surface area contributed by atoms with Crippen LogP contribution in [0.5, 0.6) is 0 Å². The lowest BCUT2D eigenvalue weighted by Gasteiger charge is -2.26. The van der Waals surface area contributed by atoms with Gasteiger partial charge in [0.2, 0.25) is 10.0 Å². The summed E-state index contributed by atoms with van der Waals surface area (Å²) in [7, 11) is -3.30. The van der Waals surface area contributed by atoms with E-state index in [1.54, 1.807) is 38.4 Å². The van der Waals surface area contributed by atoms with Gasteiger partial charge in [-0.15, -0.1) is 11.3 Å². The van der Waals surface area contributed by atoms with E-state index in [-0.39, 0.29) is 5.91 Å². The van der Waals surface area contributed by atoms with Gasteiger partial charge >= 0.3 is 0 Å². The number of anilines is 1. The van der Waals surface area contributed by atoms with E-state index in [9.17, 15) is 13.2 Å². The molecule has 8 nitrogen and oxygen atoms in total. The topological polar surface area (TPSA) is 108 Å². The Morgan fingerprint density at radius 1 is 1.37 bits per heavy atom. The average molecular weight is 406 g/mol. The first-order valence-corrected chi connectivity index (χ1v) is 10.9. The number of hydrogen-bond donors (Lipinski definition) is 2. The van der Waals surface area contributed by atoms with Crippen LogP contribution in [0.4, 0.5) is 5.13 Å². The molecule has 3 heterocycles. The molecule has 1 aliphatic rings. The van der Waals surface area contributed by atoms with E-state index in [0.717, 1.165) is 21.6 Å². The van der Waals surface area contributed by atoms with E-state index in [0.29, 0.717) is 30.2 Å². The van der Waals surface area contributed by atoms with Crippen LogP contribution in [0, 0.1) is 0 Å². The van der Waals surface area contributed by atoms with Crippen molar-refractivity contribution in [2.45, 2.75) is 32.1 Å². The second-order valence-corrected chi connectivity index (χ2v) is 10.2. The van der Waals surface area contributed by atoms with Crippen LogP contribution in [0.15, 0.2) is 24.5 Å². The highest BCUT2D eigenvalue weighted by Crippen LogP contribution is 2.30. The third-order valence-corrected chi connectivity index (χ3v) is 7.78. The lowest BCUT2D eigenvalue weighted by molar-refractivity contribution is 0.102. The molecule has 2 N–H and O–H groups in total. The number of carbonyl (C=O) groups excluding carboxylic acids is 1. The highest BCUT2D eigenvalue weighted by Gasteiger charge is 2.31. The number of fused-ring (bicyclic) bond motifs is 2. The van der Waals surface area contributed by atoms with E-state index < -0.39 is 15.3 Å². The zero-order valence-electron chi connectivity index (χ0n) is 14.9. The Balaban J connectivity index is 1.52. The second kappa shape index (κ2) is 6.70. The van der Waals surface area contributed by atoms with Crippen molar-refractivity contribution in [3.05, 3.63) is 40.7 Å². The van der Waals surface area contributed by atoms with Crippen LogP contribution in [0.1, 0.15) is 34.8 Å². The Kier molecular flexibility index (Phi) is 4.49. The van der Waals surface area contributed by atoms with Crippen LogP contribution < -0.4 is 5.32 Å². The molecule has 0 saturated carbocycles. The van der Waals surface area contributed by atoms with Gasteiger partial charge in [-0.2, -0.15) is 4.31 Å². The molecular formula is C17H19N5O3S2. The fourth-order valence-corrected chi connectivity index (χ4v) is 5.34. The second-order valence-electron chi connectivity index (χ2n) is 6.65. The Labute approximate surface area is 160 Å². The van der Waals surface area contributed by atoms with Gasteiger partial charge in [-0.25, -0.2) is 18.4 Å². The van der Waals surface area contributed by atoms with E-state index >= 15 is 0 Å². The molecule has 4 rings (SSSR count). The number of carbonyl (C=O) groups is 1. The number of nitrogens with zero attached hydrogens (tertiary/aromatic N) is 3. The molecule has 1 aromatic carbocycles. The van der Waals surface area contributed by atoms with Gasteiger partial charge in [0.1, 0.15) is 0 Å². The van der Waals surface area contributed by atoms with E-state index in [2.05, 4.69) is 20.3 Å². The van der Waals surface area contributed by atoms with Crippen LogP contribution in [-0.2, 0) is 23.0 Å². The number of aromatic amines is 1. The highest BCUT2D eigenvalue weighted by molar-refractivity contribution is 7.89. The number of benzene rings is 1. The molecule has 0 unspecified atom stereocenters. The molecule has 27 heavy (non-hydrogen) atoms. The van der Waals surface area contributed by atoms with Crippen molar-refractivity contribution in [1.82, 2.24) is 19.3 Å². The third-order valence-electron chi connectivity index (χ3n) is 4.55. The number of hydrogen-bond acceptors (Lipinski definition) is 6. The summed E-state index contributed by atoms with van der Waals surface area (Å²) in [6.07, 6.45) is 2.13. The predicted octanol–water partition coefficient (Wildman–Crippen LogP) is 2.37. The normalized spacial score (nSPS) is 15.2. The maximum atomic E-state index is 12.5. The fourth-order valence-electron chi connectivity index (χ4n) is 2.99. The minimum atomic E-state index is -3.30. The van der Waals surface area contributed by atoms with Crippen molar-refractivity contribution < 1.29 is 13.2 Å². The van der Waals surface area contributed by atoms with Gasteiger partial charge in [-0.05, 0) is 32.0 Å². The first kappa shape index (κ1) is 18.1. The van der Waals surface area contributed by atoms with Crippen molar-refractivity contribution in [3.63, 3.8) is 0 Å². The first-order chi connectivity index (χ1) is 12.8. The Morgan fingerprint density at radius 3 is 2.96 bits per heavy atom. The van der Waals surface area contributed by atoms with Crippen molar-refractivity contribution in [1.29, 1.82) is 0 Å².